The average Bonchev–Trinajstić information content (AvgIpc) is 2.16. The van der Waals surface area contributed by atoms with E-state index in [0.717, 1.165) is 13.1 Å². The quantitative estimate of drug-likeness (QED) is 0.769. The van der Waals surface area contributed by atoms with Gasteiger partial charge in [0.25, 0.3) is 0 Å². The van der Waals surface area contributed by atoms with Gasteiger partial charge in [-0.15, -0.1) is 0 Å². The number of benzene rings is 1. The summed E-state index contributed by atoms with van der Waals surface area (Å²) >= 11 is 0. The molecule has 0 aliphatic carbocycles. The van der Waals surface area contributed by atoms with E-state index < -0.39 is 0 Å². The molecular formula is C14H24N2. The van der Waals surface area contributed by atoms with E-state index in [0.29, 0.717) is 0 Å². The molecule has 0 unspecified atom stereocenters. The Bertz CT molecular complexity index is 354. The smallest absolute Gasteiger partial charge is 0.0233 e. The maximum atomic E-state index is 2.27. The third kappa shape index (κ3) is 3.32. The Hall–Kier alpha value is -0.860. The highest BCUT2D eigenvalue weighted by atomic mass is 15.1. The summed E-state index contributed by atoms with van der Waals surface area (Å²) in [5.74, 6) is 0. The number of hydrogen-bond donors (Lipinski definition) is 0. The van der Waals surface area contributed by atoms with Crippen molar-refractivity contribution in [3.05, 3.63) is 34.4 Å². The number of hydrogen-bond acceptors (Lipinski definition) is 2. The predicted molar refractivity (Wildman–Crippen MR) is 70.7 cm³/mol. The number of aryl methyl sites for hydroxylation is 1. The van der Waals surface area contributed by atoms with Crippen molar-refractivity contribution < 1.29 is 0 Å². The molecule has 0 atom stereocenters. The fourth-order valence-corrected chi connectivity index (χ4v) is 1.96. The van der Waals surface area contributed by atoms with Gasteiger partial charge in [-0.2, -0.15) is 0 Å². The van der Waals surface area contributed by atoms with E-state index in [2.05, 4.69) is 64.0 Å². The largest absolute Gasteiger partial charge is 0.305 e. The lowest BCUT2D eigenvalue weighted by Crippen LogP contribution is -2.18. The van der Waals surface area contributed by atoms with Crippen molar-refractivity contribution in [1.82, 2.24) is 9.80 Å². The zero-order chi connectivity index (χ0) is 12.3. The van der Waals surface area contributed by atoms with E-state index in [-0.39, 0.29) is 0 Å². The zero-order valence-electron chi connectivity index (χ0n) is 11.5. The van der Waals surface area contributed by atoms with E-state index in [9.17, 15) is 0 Å². The number of rotatable bonds is 4. The van der Waals surface area contributed by atoms with E-state index >= 15 is 0 Å². The minimum Gasteiger partial charge on any atom is -0.305 e. The Kier molecular flexibility index (Phi) is 4.51. The van der Waals surface area contributed by atoms with Crippen molar-refractivity contribution in [2.24, 2.45) is 0 Å². The normalized spacial score (nSPS) is 11.5. The molecule has 90 valence electrons. The first-order valence-corrected chi connectivity index (χ1v) is 5.79. The van der Waals surface area contributed by atoms with Gasteiger partial charge in [0.1, 0.15) is 0 Å². The van der Waals surface area contributed by atoms with Gasteiger partial charge >= 0.3 is 0 Å². The van der Waals surface area contributed by atoms with Gasteiger partial charge < -0.3 is 9.80 Å². The second-order valence-electron chi connectivity index (χ2n) is 5.12. The molecule has 0 aliphatic rings. The molecule has 0 bridgehead atoms. The van der Waals surface area contributed by atoms with Crippen LogP contribution in [0.1, 0.15) is 22.3 Å². The molecular weight excluding hydrogens is 196 g/mol. The van der Waals surface area contributed by atoms with Gasteiger partial charge in [-0.3, -0.25) is 0 Å². The molecule has 1 rings (SSSR count). The highest BCUT2D eigenvalue weighted by Crippen LogP contribution is 2.20. The Morgan fingerprint density at radius 2 is 1.44 bits per heavy atom. The molecule has 0 saturated carbocycles. The molecule has 0 fully saturated rings. The van der Waals surface area contributed by atoms with Crippen LogP contribution in [0.15, 0.2) is 12.1 Å². The third-order valence-corrected chi connectivity index (χ3v) is 2.93. The summed E-state index contributed by atoms with van der Waals surface area (Å²) in [6.07, 6.45) is 0. The molecule has 1 aromatic carbocycles. The molecule has 0 saturated heterocycles. The van der Waals surface area contributed by atoms with Crippen LogP contribution in [-0.2, 0) is 13.1 Å². The summed E-state index contributed by atoms with van der Waals surface area (Å²) in [7, 11) is 8.49. The maximum absolute atomic E-state index is 2.27. The summed E-state index contributed by atoms with van der Waals surface area (Å²) in [5.41, 5.74) is 5.76. The summed E-state index contributed by atoms with van der Waals surface area (Å²) < 4.78 is 0. The summed E-state index contributed by atoms with van der Waals surface area (Å²) in [4.78, 5) is 4.46. The monoisotopic (exact) mass is 220 g/mol. The minimum atomic E-state index is 1.02. The van der Waals surface area contributed by atoms with Crippen molar-refractivity contribution in [2.75, 3.05) is 28.2 Å². The molecule has 0 N–H and O–H groups in total. The first-order valence-electron chi connectivity index (χ1n) is 5.79. The van der Waals surface area contributed by atoms with Crippen LogP contribution in [0.2, 0.25) is 0 Å². The highest BCUT2D eigenvalue weighted by Gasteiger charge is 2.09. The van der Waals surface area contributed by atoms with E-state index in [1.54, 1.807) is 0 Å². The molecule has 0 aromatic heterocycles. The first kappa shape index (κ1) is 13.2. The van der Waals surface area contributed by atoms with Crippen molar-refractivity contribution in [3.63, 3.8) is 0 Å². The molecule has 1 aromatic rings. The van der Waals surface area contributed by atoms with Crippen LogP contribution in [0, 0.1) is 13.8 Å². The minimum absolute atomic E-state index is 1.02. The van der Waals surface area contributed by atoms with Crippen molar-refractivity contribution in [3.8, 4) is 0 Å². The highest BCUT2D eigenvalue weighted by molar-refractivity contribution is 5.39. The second-order valence-corrected chi connectivity index (χ2v) is 5.12. The van der Waals surface area contributed by atoms with Crippen LogP contribution in [-0.4, -0.2) is 38.0 Å². The Labute approximate surface area is 99.9 Å². The zero-order valence-corrected chi connectivity index (χ0v) is 11.5. The van der Waals surface area contributed by atoms with Crippen LogP contribution in [0.3, 0.4) is 0 Å². The molecule has 16 heavy (non-hydrogen) atoms. The molecule has 0 radical (unpaired) electrons. The van der Waals surface area contributed by atoms with Gasteiger partial charge in [-0.1, -0.05) is 12.1 Å². The van der Waals surface area contributed by atoms with Gasteiger partial charge in [-0.05, 0) is 64.3 Å². The molecule has 0 spiro atoms. The Balaban J connectivity index is 3.11. The van der Waals surface area contributed by atoms with Gasteiger partial charge in [-0.25, -0.2) is 0 Å². The van der Waals surface area contributed by atoms with Gasteiger partial charge in [0, 0.05) is 13.1 Å². The van der Waals surface area contributed by atoms with Crippen molar-refractivity contribution in [1.29, 1.82) is 0 Å². The molecule has 0 heterocycles. The van der Waals surface area contributed by atoms with Gasteiger partial charge in [0.2, 0.25) is 0 Å². The molecule has 2 nitrogen and oxygen atoms in total. The summed E-state index contributed by atoms with van der Waals surface area (Å²) in [6.45, 7) is 6.46. The first-order chi connectivity index (χ1) is 7.41. The van der Waals surface area contributed by atoms with Crippen LogP contribution >= 0.6 is 0 Å². The standard InChI is InChI=1S/C14H24N2/c1-11-7-8-13(9-15(3)4)14(12(11)2)10-16(5)6/h7-8H,9-10H2,1-6H3. The fourth-order valence-electron chi connectivity index (χ4n) is 1.96. The Morgan fingerprint density at radius 3 is 1.94 bits per heavy atom. The van der Waals surface area contributed by atoms with Gasteiger partial charge in [0.15, 0.2) is 0 Å². The lowest BCUT2D eigenvalue weighted by Gasteiger charge is -2.20. The summed E-state index contributed by atoms with van der Waals surface area (Å²) in [5, 5.41) is 0. The Morgan fingerprint density at radius 1 is 0.875 bits per heavy atom. The van der Waals surface area contributed by atoms with E-state index in [1.165, 1.54) is 22.3 Å². The van der Waals surface area contributed by atoms with Crippen LogP contribution in [0.4, 0.5) is 0 Å². The average molecular weight is 220 g/mol. The van der Waals surface area contributed by atoms with Crippen molar-refractivity contribution >= 4 is 0 Å². The van der Waals surface area contributed by atoms with Gasteiger partial charge in [0.05, 0.1) is 0 Å². The van der Waals surface area contributed by atoms with Crippen LogP contribution < -0.4 is 0 Å². The molecule has 0 aliphatic heterocycles. The number of nitrogens with zero attached hydrogens (tertiary/aromatic N) is 2. The van der Waals surface area contributed by atoms with Crippen LogP contribution in [0.5, 0.6) is 0 Å². The third-order valence-electron chi connectivity index (χ3n) is 2.93. The fraction of sp³-hybridized carbons (Fsp3) is 0.571. The lowest BCUT2D eigenvalue weighted by atomic mass is 9.97. The SMILES string of the molecule is Cc1ccc(CN(C)C)c(CN(C)C)c1C. The van der Waals surface area contributed by atoms with Crippen LogP contribution in [0.25, 0.3) is 0 Å². The van der Waals surface area contributed by atoms with E-state index in [1.807, 2.05) is 0 Å². The molecule has 0 amide bonds. The maximum Gasteiger partial charge on any atom is 0.0233 e. The second kappa shape index (κ2) is 5.46. The predicted octanol–water partition coefficient (Wildman–Crippen LogP) is 2.43. The lowest BCUT2D eigenvalue weighted by molar-refractivity contribution is 0.380. The van der Waals surface area contributed by atoms with E-state index in [4.69, 9.17) is 0 Å². The summed E-state index contributed by atoms with van der Waals surface area (Å²) in [6, 6.07) is 4.49. The molecule has 2 heteroatoms. The van der Waals surface area contributed by atoms with Crippen molar-refractivity contribution in [2.45, 2.75) is 26.9 Å². The topological polar surface area (TPSA) is 6.48 Å².